The summed E-state index contributed by atoms with van der Waals surface area (Å²) in [6.45, 7) is 2.07. The van der Waals surface area contributed by atoms with E-state index in [0.29, 0.717) is 28.7 Å². The lowest BCUT2D eigenvalue weighted by molar-refractivity contribution is 0.0952. The molecule has 22 heavy (non-hydrogen) atoms. The number of hydrogen-bond donors (Lipinski definition) is 2. The highest BCUT2D eigenvalue weighted by atomic mass is 19.1. The summed E-state index contributed by atoms with van der Waals surface area (Å²) in [7, 11) is 0. The molecule has 0 radical (unpaired) electrons. The van der Waals surface area contributed by atoms with Gasteiger partial charge in [-0.05, 0) is 42.8 Å². The lowest BCUT2D eigenvalue weighted by Gasteiger charge is -2.06. The van der Waals surface area contributed by atoms with Crippen LogP contribution in [0.3, 0.4) is 0 Å². The quantitative estimate of drug-likeness (QED) is 0.761. The summed E-state index contributed by atoms with van der Waals surface area (Å²) in [5.41, 5.74) is 2.57. The van der Waals surface area contributed by atoms with Gasteiger partial charge in [-0.2, -0.15) is 0 Å². The van der Waals surface area contributed by atoms with Crippen LogP contribution < -0.4 is 5.32 Å². The second-order valence-electron chi connectivity index (χ2n) is 5.12. The molecule has 0 bridgehead atoms. The van der Waals surface area contributed by atoms with Crippen LogP contribution in [0.2, 0.25) is 0 Å². The first-order valence-electron chi connectivity index (χ1n) is 6.85. The summed E-state index contributed by atoms with van der Waals surface area (Å²) in [6.07, 6.45) is 0. The number of carbonyl (C=O) groups excluding carboxylic acids is 1. The standard InChI is InChI=1S/C17H14F2N2O/c1-10-16(14-7-6-13(19)8-15(14)21-10)17(22)20-9-11-2-4-12(18)5-3-11/h2-8,21H,9H2,1H3,(H,20,22). The molecule has 5 heteroatoms. The van der Waals surface area contributed by atoms with Crippen molar-refractivity contribution in [2.24, 2.45) is 0 Å². The maximum Gasteiger partial charge on any atom is 0.253 e. The Labute approximate surface area is 126 Å². The molecule has 0 aliphatic rings. The Morgan fingerprint density at radius 2 is 1.77 bits per heavy atom. The molecule has 0 unspecified atom stereocenters. The lowest BCUT2D eigenvalue weighted by atomic mass is 10.1. The van der Waals surface area contributed by atoms with Crippen molar-refractivity contribution in [3.8, 4) is 0 Å². The van der Waals surface area contributed by atoms with Crippen molar-refractivity contribution in [2.75, 3.05) is 0 Å². The van der Waals surface area contributed by atoms with Gasteiger partial charge in [0.2, 0.25) is 0 Å². The molecule has 0 spiro atoms. The van der Waals surface area contributed by atoms with Crippen LogP contribution in [-0.2, 0) is 6.54 Å². The number of nitrogens with one attached hydrogen (secondary N) is 2. The van der Waals surface area contributed by atoms with E-state index in [1.54, 1.807) is 25.1 Å². The lowest BCUT2D eigenvalue weighted by Crippen LogP contribution is -2.23. The van der Waals surface area contributed by atoms with Crippen LogP contribution in [0.1, 0.15) is 21.6 Å². The molecule has 0 fully saturated rings. The van der Waals surface area contributed by atoms with Crippen molar-refractivity contribution >= 4 is 16.8 Å². The fourth-order valence-electron chi connectivity index (χ4n) is 2.47. The predicted octanol–water partition coefficient (Wildman–Crippen LogP) is 3.68. The molecule has 112 valence electrons. The van der Waals surface area contributed by atoms with Gasteiger partial charge in [0.05, 0.1) is 5.56 Å². The Morgan fingerprint density at radius 1 is 1.09 bits per heavy atom. The summed E-state index contributed by atoms with van der Waals surface area (Å²) in [5.74, 6) is -0.920. The number of carbonyl (C=O) groups is 1. The number of aryl methyl sites for hydroxylation is 1. The molecule has 3 nitrogen and oxygen atoms in total. The van der Waals surface area contributed by atoms with Gasteiger partial charge in [0.25, 0.3) is 5.91 Å². The van der Waals surface area contributed by atoms with Gasteiger partial charge in [-0.25, -0.2) is 8.78 Å². The minimum absolute atomic E-state index is 0.250. The maximum absolute atomic E-state index is 13.2. The van der Waals surface area contributed by atoms with Gasteiger partial charge >= 0.3 is 0 Å². The fourth-order valence-corrected chi connectivity index (χ4v) is 2.47. The Morgan fingerprint density at radius 3 is 2.50 bits per heavy atom. The van der Waals surface area contributed by atoms with Crippen LogP contribution in [0.15, 0.2) is 42.5 Å². The smallest absolute Gasteiger partial charge is 0.253 e. The van der Waals surface area contributed by atoms with Crippen LogP contribution in [0.5, 0.6) is 0 Å². The highest BCUT2D eigenvalue weighted by Crippen LogP contribution is 2.23. The van der Waals surface area contributed by atoms with Crippen LogP contribution in [0.4, 0.5) is 8.78 Å². The molecule has 1 amide bonds. The molecule has 2 N–H and O–H groups in total. The zero-order valence-electron chi connectivity index (χ0n) is 11.9. The van der Waals surface area contributed by atoms with Crippen molar-refractivity contribution in [2.45, 2.75) is 13.5 Å². The molecule has 0 atom stereocenters. The monoisotopic (exact) mass is 300 g/mol. The van der Waals surface area contributed by atoms with Gasteiger partial charge in [-0.15, -0.1) is 0 Å². The molecule has 2 aromatic carbocycles. The Balaban J connectivity index is 1.83. The molecule has 0 aliphatic heterocycles. The number of fused-ring (bicyclic) bond motifs is 1. The predicted molar refractivity (Wildman–Crippen MR) is 80.6 cm³/mol. The second kappa shape index (κ2) is 5.60. The SMILES string of the molecule is Cc1[nH]c2cc(F)ccc2c1C(=O)NCc1ccc(F)cc1. The highest BCUT2D eigenvalue weighted by Gasteiger charge is 2.16. The summed E-state index contributed by atoms with van der Waals surface area (Å²) in [6, 6.07) is 10.2. The van der Waals surface area contributed by atoms with Crippen molar-refractivity contribution in [3.63, 3.8) is 0 Å². The van der Waals surface area contributed by atoms with E-state index >= 15 is 0 Å². The van der Waals surface area contributed by atoms with Gasteiger partial charge in [-0.3, -0.25) is 4.79 Å². The van der Waals surface area contributed by atoms with Crippen molar-refractivity contribution in [1.82, 2.24) is 10.3 Å². The number of aromatic amines is 1. The van der Waals surface area contributed by atoms with E-state index in [4.69, 9.17) is 0 Å². The van der Waals surface area contributed by atoms with Gasteiger partial charge < -0.3 is 10.3 Å². The van der Waals surface area contributed by atoms with Crippen molar-refractivity contribution in [3.05, 3.63) is 70.9 Å². The molecule has 0 saturated carbocycles. The maximum atomic E-state index is 13.2. The van der Waals surface area contributed by atoms with E-state index in [1.807, 2.05) is 0 Å². The zero-order chi connectivity index (χ0) is 15.7. The topological polar surface area (TPSA) is 44.9 Å². The highest BCUT2D eigenvalue weighted by molar-refractivity contribution is 6.08. The minimum Gasteiger partial charge on any atom is -0.358 e. The third-order valence-electron chi connectivity index (χ3n) is 3.54. The van der Waals surface area contributed by atoms with Gasteiger partial charge in [0.15, 0.2) is 0 Å². The first kappa shape index (κ1) is 14.3. The average Bonchev–Trinajstić information content (AvgIpc) is 2.81. The van der Waals surface area contributed by atoms with E-state index < -0.39 is 0 Å². The zero-order valence-corrected chi connectivity index (χ0v) is 11.9. The van der Waals surface area contributed by atoms with E-state index in [-0.39, 0.29) is 17.5 Å². The number of halogens is 2. The molecular weight excluding hydrogens is 286 g/mol. The van der Waals surface area contributed by atoms with Crippen LogP contribution in [0.25, 0.3) is 10.9 Å². The van der Waals surface area contributed by atoms with E-state index in [1.165, 1.54) is 24.3 Å². The largest absolute Gasteiger partial charge is 0.358 e. The fraction of sp³-hybridized carbons (Fsp3) is 0.118. The van der Waals surface area contributed by atoms with Crippen LogP contribution in [-0.4, -0.2) is 10.9 Å². The normalized spacial score (nSPS) is 10.9. The molecule has 1 heterocycles. The van der Waals surface area contributed by atoms with Gasteiger partial charge in [-0.1, -0.05) is 12.1 Å². The first-order valence-corrected chi connectivity index (χ1v) is 6.85. The number of benzene rings is 2. The van der Waals surface area contributed by atoms with Crippen LogP contribution in [0, 0.1) is 18.6 Å². The van der Waals surface area contributed by atoms with E-state index in [2.05, 4.69) is 10.3 Å². The van der Waals surface area contributed by atoms with Crippen molar-refractivity contribution < 1.29 is 13.6 Å². The number of rotatable bonds is 3. The molecule has 0 aliphatic carbocycles. The summed E-state index contributed by atoms with van der Waals surface area (Å²) >= 11 is 0. The number of hydrogen-bond acceptors (Lipinski definition) is 1. The number of H-pyrrole nitrogens is 1. The Kier molecular flexibility index (Phi) is 3.63. The second-order valence-corrected chi connectivity index (χ2v) is 5.12. The van der Waals surface area contributed by atoms with Crippen LogP contribution >= 0.6 is 0 Å². The summed E-state index contributed by atoms with van der Waals surface area (Å²) in [5, 5.41) is 3.47. The van der Waals surface area contributed by atoms with Gasteiger partial charge in [0.1, 0.15) is 11.6 Å². The Hall–Kier alpha value is -2.69. The minimum atomic E-state index is -0.355. The van der Waals surface area contributed by atoms with Gasteiger partial charge in [0, 0.05) is 23.1 Å². The van der Waals surface area contributed by atoms with Crippen molar-refractivity contribution in [1.29, 1.82) is 0 Å². The number of aromatic nitrogens is 1. The third-order valence-corrected chi connectivity index (χ3v) is 3.54. The molecule has 1 aromatic heterocycles. The van der Waals surface area contributed by atoms with E-state index in [0.717, 1.165) is 5.56 Å². The molecule has 0 saturated heterocycles. The summed E-state index contributed by atoms with van der Waals surface area (Å²) in [4.78, 5) is 15.4. The third kappa shape index (κ3) is 2.70. The molecular formula is C17H14F2N2O. The molecule has 3 aromatic rings. The van der Waals surface area contributed by atoms with E-state index in [9.17, 15) is 13.6 Å². The average molecular weight is 300 g/mol. The first-order chi connectivity index (χ1) is 10.5. The molecule has 3 rings (SSSR count). The Bertz CT molecular complexity index is 838. The number of amides is 1. The summed E-state index contributed by atoms with van der Waals surface area (Å²) < 4.78 is 26.1.